The van der Waals surface area contributed by atoms with E-state index < -0.39 is 0 Å². The standard InChI is InChI=1S/C22H26N2O3/c1-4-27-20-12-8-6-10-18(20)23-22(26)16-13-21(25)24(14-16)19-11-7-5-9-17(19)15(2)3/h5-12,15-16H,4,13-14H2,1-3H3,(H,23,26). The first kappa shape index (κ1) is 19.0. The van der Waals surface area contributed by atoms with E-state index in [4.69, 9.17) is 4.74 Å². The molecule has 2 amide bonds. The summed E-state index contributed by atoms with van der Waals surface area (Å²) in [7, 11) is 0. The molecule has 1 saturated heterocycles. The van der Waals surface area contributed by atoms with Gasteiger partial charge in [0.05, 0.1) is 18.2 Å². The lowest BCUT2D eigenvalue weighted by atomic mass is 10.0. The molecule has 2 aromatic carbocycles. The molecule has 3 rings (SSSR count). The number of carbonyl (C=O) groups excluding carboxylic acids is 2. The van der Waals surface area contributed by atoms with Gasteiger partial charge in [-0.15, -0.1) is 0 Å². The van der Waals surface area contributed by atoms with Crippen LogP contribution in [0.15, 0.2) is 48.5 Å². The topological polar surface area (TPSA) is 58.6 Å². The minimum Gasteiger partial charge on any atom is -0.492 e. The number of benzene rings is 2. The highest BCUT2D eigenvalue weighted by atomic mass is 16.5. The molecule has 142 valence electrons. The van der Waals surface area contributed by atoms with E-state index in [9.17, 15) is 9.59 Å². The number of nitrogens with one attached hydrogen (secondary N) is 1. The van der Waals surface area contributed by atoms with Gasteiger partial charge < -0.3 is 15.0 Å². The monoisotopic (exact) mass is 366 g/mol. The number of amides is 2. The maximum atomic E-state index is 12.8. The number of hydrogen-bond donors (Lipinski definition) is 1. The van der Waals surface area contributed by atoms with Gasteiger partial charge in [-0.2, -0.15) is 0 Å². The van der Waals surface area contributed by atoms with E-state index in [0.29, 0.717) is 30.5 Å². The molecule has 1 N–H and O–H groups in total. The third kappa shape index (κ3) is 4.13. The predicted molar refractivity (Wildman–Crippen MR) is 107 cm³/mol. The van der Waals surface area contributed by atoms with Crippen LogP contribution >= 0.6 is 0 Å². The Hall–Kier alpha value is -2.82. The van der Waals surface area contributed by atoms with E-state index in [2.05, 4.69) is 19.2 Å². The summed E-state index contributed by atoms with van der Waals surface area (Å²) in [5.41, 5.74) is 2.66. The van der Waals surface area contributed by atoms with Crippen molar-refractivity contribution in [2.24, 2.45) is 5.92 Å². The second kappa shape index (κ2) is 8.25. The van der Waals surface area contributed by atoms with Crippen LogP contribution in [0.1, 0.15) is 38.7 Å². The van der Waals surface area contributed by atoms with Gasteiger partial charge in [0, 0.05) is 18.7 Å². The highest BCUT2D eigenvalue weighted by Gasteiger charge is 2.36. The molecule has 1 fully saturated rings. The minimum absolute atomic E-state index is 0.0126. The van der Waals surface area contributed by atoms with Crippen molar-refractivity contribution >= 4 is 23.2 Å². The van der Waals surface area contributed by atoms with Crippen molar-refractivity contribution in [3.05, 3.63) is 54.1 Å². The van der Waals surface area contributed by atoms with Gasteiger partial charge in [-0.3, -0.25) is 9.59 Å². The van der Waals surface area contributed by atoms with Gasteiger partial charge in [0.1, 0.15) is 5.75 Å². The Bertz CT molecular complexity index is 832. The summed E-state index contributed by atoms with van der Waals surface area (Å²) in [5.74, 6) is 0.397. The molecule has 1 aliphatic heterocycles. The van der Waals surface area contributed by atoms with Gasteiger partial charge in [0.15, 0.2) is 0 Å². The molecule has 0 spiro atoms. The summed E-state index contributed by atoms with van der Waals surface area (Å²) >= 11 is 0. The Morgan fingerprint density at radius 2 is 1.89 bits per heavy atom. The van der Waals surface area contributed by atoms with E-state index in [-0.39, 0.29) is 24.2 Å². The molecule has 1 atom stereocenters. The van der Waals surface area contributed by atoms with Crippen LogP contribution in [0.2, 0.25) is 0 Å². The zero-order valence-corrected chi connectivity index (χ0v) is 16.1. The lowest BCUT2D eigenvalue weighted by Gasteiger charge is -2.22. The fourth-order valence-electron chi connectivity index (χ4n) is 3.42. The summed E-state index contributed by atoms with van der Waals surface area (Å²) in [4.78, 5) is 27.1. The fraction of sp³-hybridized carbons (Fsp3) is 0.364. The lowest BCUT2D eigenvalue weighted by Crippen LogP contribution is -2.29. The van der Waals surface area contributed by atoms with Crippen LogP contribution in [0.5, 0.6) is 5.75 Å². The summed E-state index contributed by atoms with van der Waals surface area (Å²) in [6.45, 7) is 7.03. The molecule has 0 saturated carbocycles. The highest BCUT2D eigenvalue weighted by Crippen LogP contribution is 2.33. The van der Waals surface area contributed by atoms with Gasteiger partial charge in [0.25, 0.3) is 0 Å². The largest absolute Gasteiger partial charge is 0.492 e. The smallest absolute Gasteiger partial charge is 0.229 e. The zero-order valence-electron chi connectivity index (χ0n) is 16.1. The van der Waals surface area contributed by atoms with Crippen LogP contribution in [0.25, 0.3) is 0 Å². The van der Waals surface area contributed by atoms with Gasteiger partial charge in [0.2, 0.25) is 11.8 Å². The molecule has 1 aliphatic rings. The first-order valence-electron chi connectivity index (χ1n) is 9.43. The van der Waals surface area contributed by atoms with Gasteiger partial charge in [-0.25, -0.2) is 0 Å². The summed E-state index contributed by atoms with van der Waals surface area (Å²) in [6, 6.07) is 15.3. The Balaban J connectivity index is 1.75. The van der Waals surface area contributed by atoms with Crippen molar-refractivity contribution in [3.63, 3.8) is 0 Å². The van der Waals surface area contributed by atoms with Crippen LogP contribution in [0.3, 0.4) is 0 Å². The summed E-state index contributed by atoms with van der Waals surface area (Å²) in [6.07, 6.45) is 0.217. The number of carbonyl (C=O) groups is 2. The molecular weight excluding hydrogens is 340 g/mol. The van der Waals surface area contributed by atoms with Gasteiger partial charge >= 0.3 is 0 Å². The van der Waals surface area contributed by atoms with E-state index >= 15 is 0 Å². The highest BCUT2D eigenvalue weighted by molar-refractivity contribution is 6.04. The molecule has 0 bridgehead atoms. The van der Waals surface area contributed by atoms with Crippen LogP contribution < -0.4 is 15.0 Å². The van der Waals surface area contributed by atoms with Crippen LogP contribution in [0.4, 0.5) is 11.4 Å². The van der Waals surface area contributed by atoms with Crippen molar-refractivity contribution in [1.82, 2.24) is 0 Å². The molecular formula is C22H26N2O3. The Morgan fingerprint density at radius 1 is 1.19 bits per heavy atom. The molecule has 0 aromatic heterocycles. The van der Waals surface area contributed by atoms with Crippen molar-refractivity contribution in [2.75, 3.05) is 23.4 Å². The number of nitrogens with zero attached hydrogens (tertiary/aromatic N) is 1. The Morgan fingerprint density at radius 3 is 2.63 bits per heavy atom. The summed E-state index contributed by atoms with van der Waals surface area (Å²) in [5, 5.41) is 2.92. The van der Waals surface area contributed by atoms with E-state index in [1.165, 1.54) is 0 Å². The maximum Gasteiger partial charge on any atom is 0.229 e. The third-order valence-electron chi connectivity index (χ3n) is 4.79. The van der Waals surface area contributed by atoms with Gasteiger partial charge in [-0.05, 0) is 36.6 Å². The second-order valence-corrected chi connectivity index (χ2v) is 7.04. The average Bonchev–Trinajstić information content (AvgIpc) is 3.05. The van der Waals surface area contributed by atoms with E-state index in [1.807, 2.05) is 55.5 Å². The molecule has 1 unspecified atom stereocenters. The normalized spacial score (nSPS) is 16.7. The Labute approximate surface area is 160 Å². The number of rotatable bonds is 6. The second-order valence-electron chi connectivity index (χ2n) is 7.04. The number of ether oxygens (including phenoxy) is 1. The van der Waals surface area contributed by atoms with Crippen LogP contribution in [-0.4, -0.2) is 25.0 Å². The molecule has 0 radical (unpaired) electrons. The lowest BCUT2D eigenvalue weighted by molar-refractivity contribution is -0.122. The number of para-hydroxylation sites is 3. The quantitative estimate of drug-likeness (QED) is 0.833. The number of anilines is 2. The third-order valence-corrected chi connectivity index (χ3v) is 4.79. The van der Waals surface area contributed by atoms with Crippen molar-refractivity contribution < 1.29 is 14.3 Å². The minimum atomic E-state index is -0.382. The van der Waals surface area contributed by atoms with E-state index in [1.54, 1.807) is 4.90 Å². The predicted octanol–water partition coefficient (Wildman–Crippen LogP) is 4.20. The van der Waals surface area contributed by atoms with Gasteiger partial charge in [-0.1, -0.05) is 44.2 Å². The fourth-order valence-corrected chi connectivity index (χ4v) is 3.42. The molecule has 1 heterocycles. The van der Waals surface area contributed by atoms with Crippen LogP contribution in [-0.2, 0) is 9.59 Å². The Kier molecular flexibility index (Phi) is 5.79. The van der Waals surface area contributed by atoms with Crippen molar-refractivity contribution in [2.45, 2.75) is 33.1 Å². The number of hydrogen-bond acceptors (Lipinski definition) is 3. The molecule has 5 nitrogen and oxygen atoms in total. The van der Waals surface area contributed by atoms with Crippen LogP contribution in [0, 0.1) is 5.92 Å². The SMILES string of the molecule is CCOc1ccccc1NC(=O)C1CC(=O)N(c2ccccc2C(C)C)C1. The zero-order chi connectivity index (χ0) is 19.4. The first-order chi connectivity index (χ1) is 13.0. The maximum absolute atomic E-state index is 12.8. The van der Waals surface area contributed by atoms with E-state index in [0.717, 1.165) is 11.3 Å². The molecule has 2 aromatic rings. The molecule has 27 heavy (non-hydrogen) atoms. The van der Waals surface area contributed by atoms with Crippen molar-refractivity contribution in [3.8, 4) is 5.75 Å². The first-order valence-corrected chi connectivity index (χ1v) is 9.43. The van der Waals surface area contributed by atoms with Crippen molar-refractivity contribution in [1.29, 1.82) is 0 Å². The summed E-state index contributed by atoms with van der Waals surface area (Å²) < 4.78 is 5.56. The average molecular weight is 366 g/mol. The molecule has 5 heteroatoms. The molecule has 0 aliphatic carbocycles.